The highest BCUT2D eigenvalue weighted by molar-refractivity contribution is 4.56. The molecule has 0 unspecified atom stereocenters. The van der Waals surface area contributed by atoms with E-state index in [1.165, 1.54) is 25.8 Å². The Balaban J connectivity index is 3.22. The summed E-state index contributed by atoms with van der Waals surface area (Å²) in [6.07, 6.45) is 3.80. The Bertz CT molecular complexity index is 120. The SMILES string of the molecule is CCCNCCCCN(CC)CCOC. The minimum absolute atomic E-state index is 0.849. The second-order valence-corrected chi connectivity index (χ2v) is 3.88. The lowest BCUT2D eigenvalue weighted by molar-refractivity contribution is 0.149. The topological polar surface area (TPSA) is 24.5 Å². The van der Waals surface area contributed by atoms with Gasteiger partial charge in [-0.2, -0.15) is 0 Å². The number of rotatable bonds is 11. The van der Waals surface area contributed by atoms with Gasteiger partial charge in [0.05, 0.1) is 6.61 Å². The van der Waals surface area contributed by atoms with Crippen molar-refractivity contribution in [2.24, 2.45) is 0 Å². The van der Waals surface area contributed by atoms with E-state index in [-0.39, 0.29) is 0 Å². The van der Waals surface area contributed by atoms with Crippen molar-refractivity contribution in [1.82, 2.24) is 10.2 Å². The molecule has 0 saturated heterocycles. The molecular weight excluding hydrogens is 188 g/mol. The average Bonchev–Trinajstić information content (AvgIpc) is 2.27. The molecule has 3 heteroatoms. The lowest BCUT2D eigenvalue weighted by Crippen LogP contribution is -2.28. The Morgan fingerprint density at radius 2 is 1.87 bits per heavy atom. The summed E-state index contributed by atoms with van der Waals surface area (Å²) in [6.45, 7) is 11.0. The lowest BCUT2D eigenvalue weighted by Gasteiger charge is -2.19. The van der Waals surface area contributed by atoms with Gasteiger partial charge in [0.15, 0.2) is 0 Å². The third kappa shape index (κ3) is 10.2. The molecule has 0 aromatic carbocycles. The van der Waals surface area contributed by atoms with Crippen molar-refractivity contribution in [3.8, 4) is 0 Å². The number of nitrogens with zero attached hydrogens (tertiary/aromatic N) is 1. The van der Waals surface area contributed by atoms with Gasteiger partial charge in [0.1, 0.15) is 0 Å². The van der Waals surface area contributed by atoms with Crippen LogP contribution in [0.2, 0.25) is 0 Å². The van der Waals surface area contributed by atoms with Crippen LogP contribution in [0, 0.1) is 0 Å². The number of likely N-dealkylation sites (N-methyl/N-ethyl adjacent to an activating group) is 1. The first-order chi connectivity index (χ1) is 7.35. The van der Waals surface area contributed by atoms with Gasteiger partial charge in [0.25, 0.3) is 0 Å². The van der Waals surface area contributed by atoms with Gasteiger partial charge < -0.3 is 15.0 Å². The molecule has 15 heavy (non-hydrogen) atoms. The summed E-state index contributed by atoms with van der Waals surface area (Å²) < 4.78 is 5.08. The van der Waals surface area contributed by atoms with Crippen molar-refractivity contribution in [2.75, 3.05) is 46.4 Å². The highest BCUT2D eigenvalue weighted by Gasteiger charge is 2.00. The van der Waals surface area contributed by atoms with Gasteiger partial charge in [0.2, 0.25) is 0 Å². The van der Waals surface area contributed by atoms with E-state index >= 15 is 0 Å². The fourth-order valence-electron chi connectivity index (χ4n) is 1.54. The van der Waals surface area contributed by atoms with Gasteiger partial charge in [-0.3, -0.25) is 0 Å². The average molecular weight is 216 g/mol. The fourth-order valence-corrected chi connectivity index (χ4v) is 1.54. The summed E-state index contributed by atoms with van der Waals surface area (Å²) in [5.74, 6) is 0. The first-order valence-electron chi connectivity index (χ1n) is 6.27. The zero-order valence-corrected chi connectivity index (χ0v) is 10.7. The van der Waals surface area contributed by atoms with Crippen LogP contribution in [0.4, 0.5) is 0 Å². The standard InChI is InChI=1S/C12H28N2O/c1-4-8-13-9-6-7-10-14(5-2)11-12-15-3/h13H,4-12H2,1-3H3. The minimum atomic E-state index is 0.849. The van der Waals surface area contributed by atoms with Crippen LogP contribution in [0.1, 0.15) is 33.1 Å². The highest BCUT2D eigenvalue weighted by atomic mass is 16.5. The van der Waals surface area contributed by atoms with Crippen LogP contribution in [0.5, 0.6) is 0 Å². The van der Waals surface area contributed by atoms with Crippen LogP contribution in [-0.2, 0) is 4.74 Å². The monoisotopic (exact) mass is 216 g/mol. The second-order valence-electron chi connectivity index (χ2n) is 3.88. The molecule has 0 aromatic heterocycles. The van der Waals surface area contributed by atoms with Crippen LogP contribution < -0.4 is 5.32 Å². The number of hydrogen-bond acceptors (Lipinski definition) is 3. The van der Waals surface area contributed by atoms with E-state index < -0.39 is 0 Å². The van der Waals surface area contributed by atoms with Gasteiger partial charge in [-0.1, -0.05) is 13.8 Å². The van der Waals surface area contributed by atoms with Crippen molar-refractivity contribution in [3.05, 3.63) is 0 Å². The zero-order chi connectivity index (χ0) is 11.4. The molecule has 0 bridgehead atoms. The quantitative estimate of drug-likeness (QED) is 0.532. The van der Waals surface area contributed by atoms with E-state index in [1.54, 1.807) is 7.11 Å². The third-order valence-electron chi connectivity index (χ3n) is 2.56. The van der Waals surface area contributed by atoms with Gasteiger partial charge in [-0.05, 0) is 45.4 Å². The third-order valence-corrected chi connectivity index (χ3v) is 2.56. The molecule has 0 amide bonds. The molecule has 0 fully saturated rings. The van der Waals surface area contributed by atoms with Crippen LogP contribution in [-0.4, -0.2) is 51.3 Å². The number of nitrogens with one attached hydrogen (secondary N) is 1. The molecule has 3 nitrogen and oxygen atoms in total. The van der Waals surface area contributed by atoms with Crippen LogP contribution in [0.3, 0.4) is 0 Å². The normalized spacial score (nSPS) is 11.2. The predicted molar refractivity (Wildman–Crippen MR) is 66.4 cm³/mol. The highest BCUT2D eigenvalue weighted by Crippen LogP contribution is 1.94. The Hall–Kier alpha value is -0.120. The predicted octanol–water partition coefficient (Wildman–Crippen LogP) is 1.73. The summed E-state index contributed by atoms with van der Waals surface area (Å²) in [4.78, 5) is 2.45. The van der Waals surface area contributed by atoms with Crippen LogP contribution in [0.25, 0.3) is 0 Å². The molecule has 0 spiro atoms. The molecule has 0 radical (unpaired) electrons. The summed E-state index contributed by atoms with van der Waals surface area (Å²) in [5.41, 5.74) is 0. The molecule has 0 aliphatic rings. The maximum absolute atomic E-state index is 5.08. The number of methoxy groups -OCH3 is 1. The van der Waals surface area contributed by atoms with E-state index in [2.05, 4.69) is 24.1 Å². The molecular formula is C12H28N2O. The van der Waals surface area contributed by atoms with Crippen molar-refractivity contribution < 1.29 is 4.74 Å². The number of ether oxygens (including phenoxy) is 1. The maximum Gasteiger partial charge on any atom is 0.0589 e. The van der Waals surface area contributed by atoms with Crippen molar-refractivity contribution in [3.63, 3.8) is 0 Å². The van der Waals surface area contributed by atoms with Crippen LogP contribution >= 0.6 is 0 Å². The van der Waals surface area contributed by atoms with Gasteiger partial charge in [0, 0.05) is 13.7 Å². The second kappa shape index (κ2) is 12.0. The lowest BCUT2D eigenvalue weighted by atomic mass is 10.3. The van der Waals surface area contributed by atoms with E-state index in [1.807, 2.05) is 0 Å². The molecule has 1 N–H and O–H groups in total. The van der Waals surface area contributed by atoms with Crippen molar-refractivity contribution >= 4 is 0 Å². The Morgan fingerprint density at radius 1 is 1.07 bits per heavy atom. The smallest absolute Gasteiger partial charge is 0.0589 e. The van der Waals surface area contributed by atoms with E-state index in [9.17, 15) is 0 Å². The van der Waals surface area contributed by atoms with E-state index in [0.717, 1.165) is 32.8 Å². The van der Waals surface area contributed by atoms with Gasteiger partial charge in [-0.15, -0.1) is 0 Å². The van der Waals surface area contributed by atoms with E-state index in [0.29, 0.717) is 0 Å². The molecule has 0 heterocycles. The number of unbranched alkanes of at least 4 members (excludes halogenated alkanes) is 1. The molecule has 0 aliphatic carbocycles. The molecule has 0 rings (SSSR count). The fraction of sp³-hybridized carbons (Fsp3) is 1.00. The maximum atomic E-state index is 5.08. The first-order valence-corrected chi connectivity index (χ1v) is 6.27. The molecule has 92 valence electrons. The van der Waals surface area contributed by atoms with Gasteiger partial charge in [-0.25, -0.2) is 0 Å². The summed E-state index contributed by atoms with van der Waals surface area (Å²) in [6, 6.07) is 0. The van der Waals surface area contributed by atoms with Crippen molar-refractivity contribution in [1.29, 1.82) is 0 Å². The van der Waals surface area contributed by atoms with Crippen molar-refractivity contribution in [2.45, 2.75) is 33.1 Å². The Kier molecular flexibility index (Phi) is 11.9. The number of hydrogen-bond donors (Lipinski definition) is 1. The molecule has 0 atom stereocenters. The summed E-state index contributed by atoms with van der Waals surface area (Å²) in [5, 5.41) is 3.43. The molecule has 0 saturated carbocycles. The largest absolute Gasteiger partial charge is 0.383 e. The molecule has 0 aliphatic heterocycles. The summed E-state index contributed by atoms with van der Waals surface area (Å²) >= 11 is 0. The zero-order valence-electron chi connectivity index (χ0n) is 10.7. The van der Waals surface area contributed by atoms with Crippen LogP contribution in [0.15, 0.2) is 0 Å². The van der Waals surface area contributed by atoms with E-state index in [4.69, 9.17) is 4.74 Å². The Morgan fingerprint density at radius 3 is 2.47 bits per heavy atom. The summed E-state index contributed by atoms with van der Waals surface area (Å²) in [7, 11) is 1.77. The minimum Gasteiger partial charge on any atom is -0.383 e. The first kappa shape index (κ1) is 14.9. The Labute approximate surface area is 95.2 Å². The molecule has 0 aromatic rings. The van der Waals surface area contributed by atoms with Gasteiger partial charge >= 0.3 is 0 Å².